The first-order valence-corrected chi connectivity index (χ1v) is 7.58. The molecule has 4 heteroatoms. The van der Waals surface area contributed by atoms with Crippen LogP contribution in [0.4, 0.5) is 0 Å². The van der Waals surface area contributed by atoms with Crippen molar-refractivity contribution in [3.05, 3.63) is 29.8 Å². The van der Waals surface area contributed by atoms with Gasteiger partial charge in [0.1, 0.15) is 5.75 Å². The Balaban J connectivity index is 2.18. The largest absolute Gasteiger partial charge is 0.508 e. The third-order valence-corrected chi connectivity index (χ3v) is 3.16. The minimum atomic E-state index is -0.165. The van der Waals surface area contributed by atoms with Crippen LogP contribution in [0, 0.1) is 0 Å². The Bertz CT molecular complexity index is 435. The molecule has 1 atom stereocenters. The molecule has 1 amide bonds. The van der Waals surface area contributed by atoms with Crippen LogP contribution in [0.1, 0.15) is 46.1 Å². The number of benzene rings is 1. The van der Waals surface area contributed by atoms with Gasteiger partial charge in [0.2, 0.25) is 5.91 Å². The van der Waals surface area contributed by atoms with Crippen LogP contribution in [0.5, 0.6) is 5.75 Å². The first-order chi connectivity index (χ1) is 9.76. The summed E-state index contributed by atoms with van der Waals surface area (Å²) in [6.45, 7) is 8.77. The Morgan fingerprint density at radius 1 is 1.24 bits per heavy atom. The van der Waals surface area contributed by atoms with Gasteiger partial charge < -0.3 is 15.7 Å². The highest BCUT2D eigenvalue weighted by Crippen LogP contribution is 2.11. The molecule has 0 aliphatic heterocycles. The molecule has 0 saturated heterocycles. The molecular weight excluding hydrogens is 264 g/mol. The molecule has 0 spiro atoms. The van der Waals surface area contributed by atoms with Crippen molar-refractivity contribution < 1.29 is 9.90 Å². The van der Waals surface area contributed by atoms with Crippen LogP contribution in [-0.2, 0) is 11.2 Å². The second kappa shape index (κ2) is 8.03. The van der Waals surface area contributed by atoms with Crippen LogP contribution in [0.15, 0.2) is 24.3 Å². The molecule has 0 saturated carbocycles. The van der Waals surface area contributed by atoms with E-state index in [2.05, 4.69) is 17.6 Å². The topological polar surface area (TPSA) is 61.4 Å². The molecule has 0 aliphatic rings. The van der Waals surface area contributed by atoms with Crippen LogP contribution in [-0.4, -0.2) is 29.1 Å². The van der Waals surface area contributed by atoms with Gasteiger partial charge in [-0.1, -0.05) is 12.1 Å². The van der Waals surface area contributed by atoms with Crippen LogP contribution in [0.3, 0.4) is 0 Å². The van der Waals surface area contributed by atoms with E-state index in [4.69, 9.17) is 0 Å². The van der Waals surface area contributed by atoms with E-state index >= 15 is 0 Å². The lowest BCUT2D eigenvalue weighted by atomic mass is 10.1. The molecule has 1 aromatic carbocycles. The van der Waals surface area contributed by atoms with Gasteiger partial charge in [0.05, 0.1) is 0 Å². The standard InChI is InChI=1S/C17H28N2O2/c1-13(5-6-14-7-9-15(20)10-8-14)18-12-11-16(21)19-17(2,3)4/h7-10,13,18,20H,5-6,11-12H2,1-4H3,(H,19,21). The van der Waals surface area contributed by atoms with Gasteiger partial charge in [-0.3, -0.25) is 4.79 Å². The quantitative estimate of drug-likeness (QED) is 0.724. The van der Waals surface area contributed by atoms with Crippen molar-refractivity contribution in [2.75, 3.05) is 6.54 Å². The maximum atomic E-state index is 11.7. The maximum absolute atomic E-state index is 11.7. The summed E-state index contributed by atoms with van der Waals surface area (Å²) in [6.07, 6.45) is 2.47. The highest BCUT2D eigenvalue weighted by molar-refractivity contribution is 5.76. The fraction of sp³-hybridized carbons (Fsp3) is 0.588. The third-order valence-electron chi connectivity index (χ3n) is 3.16. The monoisotopic (exact) mass is 292 g/mol. The number of hydrogen-bond acceptors (Lipinski definition) is 3. The number of aryl methyl sites for hydroxylation is 1. The molecule has 4 nitrogen and oxygen atoms in total. The molecule has 1 aromatic rings. The van der Waals surface area contributed by atoms with Crippen molar-refractivity contribution in [2.45, 2.75) is 58.5 Å². The number of carbonyl (C=O) groups excluding carboxylic acids is 1. The lowest BCUT2D eigenvalue weighted by Gasteiger charge is -2.21. The van der Waals surface area contributed by atoms with Gasteiger partial charge in [0, 0.05) is 24.5 Å². The fourth-order valence-electron chi connectivity index (χ4n) is 2.06. The zero-order valence-corrected chi connectivity index (χ0v) is 13.6. The van der Waals surface area contributed by atoms with E-state index in [1.807, 2.05) is 32.9 Å². The zero-order chi connectivity index (χ0) is 15.9. The second-order valence-corrected chi connectivity index (χ2v) is 6.61. The number of nitrogens with one attached hydrogen (secondary N) is 2. The van der Waals surface area contributed by atoms with Crippen LogP contribution in [0.25, 0.3) is 0 Å². The van der Waals surface area contributed by atoms with Gasteiger partial charge in [-0.05, 0) is 58.2 Å². The van der Waals surface area contributed by atoms with Crippen molar-refractivity contribution in [1.29, 1.82) is 0 Å². The Labute approximate surface area is 128 Å². The van der Waals surface area contributed by atoms with Crippen LogP contribution >= 0.6 is 0 Å². The van der Waals surface area contributed by atoms with E-state index in [9.17, 15) is 9.90 Å². The molecular formula is C17H28N2O2. The molecule has 0 heterocycles. The van der Waals surface area contributed by atoms with E-state index in [1.165, 1.54) is 5.56 Å². The van der Waals surface area contributed by atoms with Crippen molar-refractivity contribution in [3.63, 3.8) is 0 Å². The summed E-state index contributed by atoms with van der Waals surface area (Å²) < 4.78 is 0. The summed E-state index contributed by atoms with van der Waals surface area (Å²) >= 11 is 0. The molecule has 0 bridgehead atoms. The molecule has 0 aromatic heterocycles. The number of aromatic hydroxyl groups is 1. The second-order valence-electron chi connectivity index (χ2n) is 6.61. The number of carbonyl (C=O) groups is 1. The summed E-state index contributed by atoms with van der Waals surface area (Å²) in [5.74, 6) is 0.385. The van der Waals surface area contributed by atoms with E-state index in [1.54, 1.807) is 12.1 Å². The van der Waals surface area contributed by atoms with Gasteiger partial charge in [-0.15, -0.1) is 0 Å². The number of hydrogen-bond donors (Lipinski definition) is 3. The third kappa shape index (κ3) is 8.35. The molecule has 1 unspecified atom stereocenters. The smallest absolute Gasteiger partial charge is 0.221 e. The van der Waals surface area contributed by atoms with Gasteiger partial charge in [-0.25, -0.2) is 0 Å². The summed E-state index contributed by atoms with van der Waals surface area (Å²) in [7, 11) is 0. The molecule has 0 fully saturated rings. The fourth-order valence-corrected chi connectivity index (χ4v) is 2.06. The maximum Gasteiger partial charge on any atom is 0.221 e. The molecule has 118 valence electrons. The normalized spacial score (nSPS) is 13.0. The molecule has 21 heavy (non-hydrogen) atoms. The first-order valence-electron chi connectivity index (χ1n) is 7.58. The number of amides is 1. The zero-order valence-electron chi connectivity index (χ0n) is 13.6. The highest BCUT2D eigenvalue weighted by atomic mass is 16.3. The SMILES string of the molecule is CC(CCc1ccc(O)cc1)NCCC(=O)NC(C)(C)C. The minimum absolute atomic E-state index is 0.0840. The van der Waals surface area contributed by atoms with Gasteiger partial charge in [0.25, 0.3) is 0 Å². The van der Waals surface area contributed by atoms with E-state index in [0.29, 0.717) is 24.8 Å². The average molecular weight is 292 g/mol. The molecule has 0 aliphatic carbocycles. The minimum Gasteiger partial charge on any atom is -0.508 e. The molecule has 0 radical (unpaired) electrons. The van der Waals surface area contributed by atoms with Crippen molar-refractivity contribution in [1.82, 2.24) is 10.6 Å². The Kier molecular flexibility index (Phi) is 6.69. The predicted octanol–water partition coefficient (Wildman–Crippen LogP) is 2.61. The highest BCUT2D eigenvalue weighted by Gasteiger charge is 2.13. The first kappa shape index (κ1) is 17.5. The van der Waals surface area contributed by atoms with Crippen molar-refractivity contribution in [3.8, 4) is 5.75 Å². The molecule has 1 rings (SSSR count). The lowest BCUT2D eigenvalue weighted by Crippen LogP contribution is -2.42. The predicted molar refractivity (Wildman–Crippen MR) is 86.4 cm³/mol. The van der Waals surface area contributed by atoms with Gasteiger partial charge in [0.15, 0.2) is 0 Å². The van der Waals surface area contributed by atoms with Crippen molar-refractivity contribution in [2.24, 2.45) is 0 Å². The summed E-state index contributed by atoms with van der Waals surface area (Å²) in [5.41, 5.74) is 1.05. The number of rotatable bonds is 7. The number of phenolic OH excluding ortho intramolecular Hbond substituents is 1. The summed E-state index contributed by atoms with van der Waals surface area (Å²) in [6, 6.07) is 7.67. The lowest BCUT2D eigenvalue weighted by molar-refractivity contribution is -0.122. The van der Waals surface area contributed by atoms with E-state index in [-0.39, 0.29) is 11.4 Å². The average Bonchev–Trinajstić information content (AvgIpc) is 2.36. The summed E-state index contributed by atoms with van der Waals surface area (Å²) in [5, 5.41) is 15.6. The van der Waals surface area contributed by atoms with Gasteiger partial charge >= 0.3 is 0 Å². The molecule has 3 N–H and O–H groups in total. The van der Waals surface area contributed by atoms with Crippen LogP contribution < -0.4 is 10.6 Å². The van der Waals surface area contributed by atoms with Crippen molar-refractivity contribution >= 4 is 5.91 Å². The Morgan fingerprint density at radius 2 is 1.86 bits per heavy atom. The van der Waals surface area contributed by atoms with E-state index < -0.39 is 0 Å². The Hall–Kier alpha value is -1.55. The Morgan fingerprint density at radius 3 is 2.43 bits per heavy atom. The number of phenols is 1. The summed E-state index contributed by atoms with van der Waals surface area (Å²) in [4.78, 5) is 11.7. The van der Waals surface area contributed by atoms with E-state index in [0.717, 1.165) is 12.8 Å². The van der Waals surface area contributed by atoms with Gasteiger partial charge in [-0.2, -0.15) is 0 Å². The van der Waals surface area contributed by atoms with Crippen LogP contribution in [0.2, 0.25) is 0 Å².